The van der Waals surface area contributed by atoms with E-state index in [4.69, 9.17) is 4.52 Å². The third-order valence-corrected chi connectivity index (χ3v) is 3.28. The summed E-state index contributed by atoms with van der Waals surface area (Å²) in [7, 11) is 0. The van der Waals surface area contributed by atoms with Gasteiger partial charge < -0.3 is 9.63 Å². The highest BCUT2D eigenvalue weighted by Gasteiger charge is 2.16. The van der Waals surface area contributed by atoms with Crippen LogP contribution in [0.25, 0.3) is 22.2 Å². The molecule has 4 nitrogen and oxygen atoms in total. The van der Waals surface area contributed by atoms with E-state index < -0.39 is 11.6 Å². The number of aromatic hydroxyl groups is 1. The predicted octanol–water partition coefficient (Wildman–Crippen LogP) is 3.45. The van der Waals surface area contributed by atoms with Gasteiger partial charge in [-0.25, -0.2) is 8.78 Å². The van der Waals surface area contributed by atoms with Crippen LogP contribution in [0.5, 0.6) is 5.75 Å². The van der Waals surface area contributed by atoms with Gasteiger partial charge in [0.2, 0.25) is 5.82 Å². The number of benzene rings is 1. The van der Waals surface area contributed by atoms with Crippen molar-refractivity contribution >= 4 is 11.3 Å². The maximum absolute atomic E-state index is 13.1. The molecule has 0 aliphatic rings. The summed E-state index contributed by atoms with van der Waals surface area (Å²) in [5.41, 5.74) is 0.170. The van der Waals surface area contributed by atoms with Crippen molar-refractivity contribution in [3.8, 4) is 27.9 Å². The first kappa shape index (κ1) is 11.8. The molecule has 0 radical (unpaired) electrons. The molecular weight excluding hydrogens is 274 g/mol. The Morgan fingerprint density at radius 1 is 1.16 bits per heavy atom. The molecule has 0 amide bonds. The fraction of sp³-hybridized carbons (Fsp3) is 0. The number of hydrogen-bond donors (Lipinski definition) is 1. The van der Waals surface area contributed by atoms with Crippen molar-refractivity contribution < 1.29 is 18.4 Å². The molecule has 0 aliphatic carbocycles. The van der Waals surface area contributed by atoms with Crippen molar-refractivity contribution in [2.24, 2.45) is 0 Å². The minimum Gasteiger partial charge on any atom is -0.506 e. The highest BCUT2D eigenvalue weighted by atomic mass is 32.1. The summed E-state index contributed by atoms with van der Waals surface area (Å²) in [5.74, 6) is -1.26. The van der Waals surface area contributed by atoms with E-state index in [0.29, 0.717) is 4.88 Å². The lowest BCUT2D eigenvalue weighted by Gasteiger charge is -1.95. The summed E-state index contributed by atoms with van der Waals surface area (Å²) in [4.78, 5) is 4.42. The number of rotatable bonds is 2. The third-order valence-electron chi connectivity index (χ3n) is 2.39. The van der Waals surface area contributed by atoms with Gasteiger partial charge >= 0.3 is 0 Å². The number of hydrogen-bond acceptors (Lipinski definition) is 5. The second-order valence-electron chi connectivity index (χ2n) is 3.72. The van der Waals surface area contributed by atoms with Crippen LogP contribution in [-0.2, 0) is 0 Å². The summed E-state index contributed by atoms with van der Waals surface area (Å²) >= 11 is 1.22. The van der Waals surface area contributed by atoms with Crippen LogP contribution >= 0.6 is 11.3 Å². The summed E-state index contributed by atoms with van der Waals surface area (Å²) in [6, 6.07) is 4.46. The average Bonchev–Trinajstić information content (AvgIpc) is 2.95. The van der Waals surface area contributed by atoms with Gasteiger partial charge in [0.05, 0.1) is 0 Å². The van der Waals surface area contributed by atoms with E-state index in [1.165, 1.54) is 17.4 Å². The SMILES string of the molecule is Oc1ccsc1-c1nc(-c2cc(F)cc(F)c2)no1. The van der Waals surface area contributed by atoms with Crippen LogP contribution in [0.1, 0.15) is 0 Å². The molecule has 0 fully saturated rings. The van der Waals surface area contributed by atoms with E-state index >= 15 is 0 Å². The normalized spacial score (nSPS) is 10.8. The largest absolute Gasteiger partial charge is 0.506 e. The standard InChI is InChI=1S/C12H6F2N2O2S/c13-7-3-6(4-8(14)5-7)11-15-12(18-16-11)10-9(17)1-2-19-10/h1-5,17H. The molecule has 0 atom stereocenters. The first-order valence-corrected chi connectivity index (χ1v) is 6.08. The van der Waals surface area contributed by atoms with E-state index in [9.17, 15) is 13.9 Å². The van der Waals surface area contributed by atoms with Crippen LogP contribution in [0.4, 0.5) is 8.78 Å². The van der Waals surface area contributed by atoms with Gasteiger partial charge in [-0.2, -0.15) is 4.98 Å². The summed E-state index contributed by atoms with van der Waals surface area (Å²) in [6.45, 7) is 0. The van der Waals surface area contributed by atoms with Crippen LogP contribution in [0.2, 0.25) is 0 Å². The molecule has 2 aromatic heterocycles. The molecule has 1 N–H and O–H groups in total. The molecule has 7 heteroatoms. The highest BCUT2D eigenvalue weighted by molar-refractivity contribution is 7.13. The zero-order chi connectivity index (χ0) is 13.4. The van der Waals surface area contributed by atoms with E-state index in [-0.39, 0.29) is 23.0 Å². The lowest BCUT2D eigenvalue weighted by atomic mass is 10.2. The molecule has 3 aromatic rings. The zero-order valence-corrected chi connectivity index (χ0v) is 10.1. The Bertz CT molecular complexity index is 719. The Kier molecular flexibility index (Phi) is 2.75. The van der Waals surface area contributed by atoms with Crippen molar-refractivity contribution in [2.75, 3.05) is 0 Å². The fourth-order valence-corrected chi connectivity index (χ4v) is 2.28. The van der Waals surface area contributed by atoms with E-state index in [0.717, 1.165) is 18.2 Å². The predicted molar refractivity (Wildman–Crippen MR) is 64.6 cm³/mol. The maximum atomic E-state index is 13.1. The second-order valence-corrected chi connectivity index (χ2v) is 4.63. The van der Waals surface area contributed by atoms with Crippen LogP contribution in [0.3, 0.4) is 0 Å². The monoisotopic (exact) mass is 280 g/mol. The molecule has 0 spiro atoms. The molecule has 0 aliphatic heterocycles. The summed E-state index contributed by atoms with van der Waals surface area (Å²) < 4.78 is 31.2. The lowest BCUT2D eigenvalue weighted by Crippen LogP contribution is -1.85. The zero-order valence-electron chi connectivity index (χ0n) is 9.30. The number of aromatic nitrogens is 2. The number of thiophene rings is 1. The minimum absolute atomic E-state index is 0.0191. The van der Waals surface area contributed by atoms with Crippen molar-refractivity contribution in [1.82, 2.24) is 10.1 Å². The molecule has 2 heterocycles. The van der Waals surface area contributed by atoms with E-state index in [1.54, 1.807) is 5.38 Å². The molecule has 1 aromatic carbocycles. The Hall–Kier alpha value is -2.28. The fourth-order valence-electron chi connectivity index (χ4n) is 1.58. The topological polar surface area (TPSA) is 59.2 Å². The summed E-state index contributed by atoms with van der Waals surface area (Å²) in [6.07, 6.45) is 0. The first-order chi connectivity index (χ1) is 9.13. The molecule has 0 saturated heterocycles. The summed E-state index contributed by atoms with van der Waals surface area (Å²) in [5, 5.41) is 14.8. The van der Waals surface area contributed by atoms with Crippen molar-refractivity contribution in [2.45, 2.75) is 0 Å². The highest BCUT2D eigenvalue weighted by Crippen LogP contribution is 2.34. The van der Waals surface area contributed by atoms with Gasteiger partial charge in [-0.1, -0.05) is 5.16 Å². The van der Waals surface area contributed by atoms with Gasteiger partial charge in [-0.15, -0.1) is 11.3 Å². The van der Waals surface area contributed by atoms with Crippen LogP contribution < -0.4 is 0 Å². The van der Waals surface area contributed by atoms with Gasteiger partial charge in [0, 0.05) is 11.6 Å². The van der Waals surface area contributed by atoms with Gasteiger partial charge in [-0.05, 0) is 23.6 Å². The minimum atomic E-state index is -0.722. The molecule has 0 saturated carbocycles. The van der Waals surface area contributed by atoms with Crippen molar-refractivity contribution in [3.05, 3.63) is 41.3 Å². The number of halogens is 2. The van der Waals surface area contributed by atoms with E-state index in [2.05, 4.69) is 10.1 Å². The first-order valence-electron chi connectivity index (χ1n) is 5.20. The Morgan fingerprint density at radius 2 is 1.89 bits per heavy atom. The molecule has 96 valence electrons. The Balaban J connectivity index is 2.04. The Morgan fingerprint density at radius 3 is 2.53 bits per heavy atom. The number of nitrogens with zero attached hydrogens (tertiary/aromatic N) is 2. The Labute approximate surface area is 109 Å². The van der Waals surface area contributed by atoms with Gasteiger partial charge in [0.25, 0.3) is 5.89 Å². The molecular formula is C12H6F2N2O2S. The molecule has 3 rings (SSSR count). The van der Waals surface area contributed by atoms with Crippen molar-refractivity contribution in [1.29, 1.82) is 0 Å². The van der Waals surface area contributed by atoms with Gasteiger partial charge in [0.15, 0.2) is 0 Å². The molecule has 0 bridgehead atoms. The van der Waals surface area contributed by atoms with Gasteiger partial charge in [-0.3, -0.25) is 0 Å². The van der Waals surface area contributed by atoms with Crippen LogP contribution in [0.15, 0.2) is 34.2 Å². The van der Waals surface area contributed by atoms with E-state index in [1.807, 2.05) is 0 Å². The lowest BCUT2D eigenvalue weighted by molar-refractivity contribution is 0.427. The molecule has 19 heavy (non-hydrogen) atoms. The second kappa shape index (κ2) is 4.43. The quantitative estimate of drug-likeness (QED) is 0.781. The smallest absolute Gasteiger partial charge is 0.272 e. The van der Waals surface area contributed by atoms with Crippen LogP contribution in [-0.4, -0.2) is 15.2 Å². The van der Waals surface area contributed by atoms with Gasteiger partial charge in [0.1, 0.15) is 22.3 Å². The average molecular weight is 280 g/mol. The van der Waals surface area contributed by atoms with Crippen molar-refractivity contribution in [3.63, 3.8) is 0 Å². The maximum Gasteiger partial charge on any atom is 0.272 e. The molecule has 0 unspecified atom stereocenters. The third kappa shape index (κ3) is 2.19. The van der Waals surface area contributed by atoms with Crippen LogP contribution in [0, 0.1) is 11.6 Å².